The molecule has 0 radical (unpaired) electrons. The monoisotopic (exact) mass is 469 g/mol. The van der Waals surface area contributed by atoms with Gasteiger partial charge in [-0.3, -0.25) is 4.79 Å². The summed E-state index contributed by atoms with van der Waals surface area (Å²) >= 11 is 5.89. The number of nitrogens with zero attached hydrogens (tertiary/aromatic N) is 2. The van der Waals surface area contributed by atoms with Crippen LogP contribution in [0.5, 0.6) is 0 Å². The molecule has 0 aromatic heterocycles. The van der Waals surface area contributed by atoms with Gasteiger partial charge >= 0.3 is 35.6 Å². The summed E-state index contributed by atoms with van der Waals surface area (Å²) in [6.07, 6.45) is 1.23. The number of nitrogens with one attached hydrogen (secondary N) is 1. The van der Waals surface area contributed by atoms with E-state index in [1.54, 1.807) is 26.1 Å². The SMILES string of the molecule is CC(O)[C@H]1C(=O)N2C(C(=O)[O-])=C3[C@H](CCC[C@@H]3N(C)C(=O)NCc3ccc(Cl)cc3)[C@H]12.[Na+]. The van der Waals surface area contributed by atoms with Crippen LogP contribution < -0.4 is 40.0 Å². The summed E-state index contributed by atoms with van der Waals surface area (Å²) in [5, 5.41) is 25.5. The molecule has 2 fully saturated rings. The Hall–Kier alpha value is -1.58. The number of rotatable bonds is 5. The van der Waals surface area contributed by atoms with Crippen molar-refractivity contribution >= 4 is 29.5 Å². The number of carboxylic acids is 1. The van der Waals surface area contributed by atoms with Crippen molar-refractivity contribution in [3.05, 3.63) is 46.1 Å². The van der Waals surface area contributed by atoms with E-state index in [9.17, 15) is 24.6 Å². The van der Waals surface area contributed by atoms with E-state index in [4.69, 9.17) is 11.6 Å². The number of β-lactam (4-membered cyclic amide) rings is 1. The van der Waals surface area contributed by atoms with Gasteiger partial charge in [-0.15, -0.1) is 0 Å². The summed E-state index contributed by atoms with van der Waals surface area (Å²) in [5.74, 6) is -2.63. The number of amides is 3. The van der Waals surface area contributed by atoms with Crippen LogP contribution in [0.1, 0.15) is 31.7 Å². The van der Waals surface area contributed by atoms with Crippen LogP contribution in [0.15, 0.2) is 35.5 Å². The van der Waals surface area contributed by atoms with Crippen molar-refractivity contribution in [3.63, 3.8) is 0 Å². The average Bonchev–Trinajstić information content (AvgIpc) is 3.03. The van der Waals surface area contributed by atoms with Crippen LogP contribution in [-0.4, -0.2) is 58.0 Å². The largest absolute Gasteiger partial charge is 1.00 e. The topological polar surface area (TPSA) is 113 Å². The summed E-state index contributed by atoms with van der Waals surface area (Å²) in [7, 11) is 1.63. The zero-order chi connectivity index (χ0) is 22.4. The van der Waals surface area contributed by atoms with Crippen molar-refractivity contribution in [1.82, 2.24) is 15.1 Å². The van der Waals surface area contributed by atoms with Gasteiger partial charge in [0, 0.05) is 24.5 Å². The van der Waals surface area contributed by atoms with Crippen LogP contribution in [-0.2, 0) is 16.1 Å². The maximum Gasteiger partial charge on any atom is 1.00 e. The van der Waals surface area contributed by atoms with Gasteiger partial charge < -0.3 is 30.1 Å². The van der Waals surface area contributed by atoms with Crippen LogP contribution in [0.2, 0.25) is 5.02 Å². The van der Waals surface area contributed by atoms with Crippen molar-refractivity contribution in [1.29, 1.82) is 0 Å². The third-order valence-electron chi connectivity index (χ3n) is 6.72. The van der Waals surface area contributed by atoms with Crippen LogP contribution in [0, 0.1) is 11.8 Å². The summed E-state index contributed by atoms with van der Waals surface area (Å²) < 4.78 is 0. The fraction of sp³-hybridized carbons (Fsp3) is 0.500. The molecule has 1 saturated carbocycles. The summed E-state index contributed by atoms with van der Waals surface area (Å²) in [4.78, 5) is 40.2. The summed E-state index contributed by atoms with van der Waals surface area (Å²) in [6, 6.07) is 5.95. The van der Waals surface area contributed by atoms with Gasteiger partial charge in [-0.1, -0.05) is 30.2 Å². The van der Waals surface area contributed by atoms with Crippen LogP contribution in [0.4, 0.5) is 4.79 Å². The first-order chi connectivity index (χ1) is 14.7. The maximum atomic E-state index is 12.8. The minimum Gasteiger partial charge on any atom is -0.543 e. The molecule has 0 spiro atoms. The molecule has 32 heavy (non-hydrogen) atoms. The first kappa shape index (κ1) is 25.1. The second-order valence-electron chi connectivity index (χ2n) is 8.51. The Morgan fingerprint density at radius 3 is 2.56 bits per heavy atom. The number of carbonyl (C=O) groups excluding carboxylic acids is 3. The number of carboxylic acid groups (broad SMARTS) is 1. The molecule has 1 saturated heterocycles. The third kappa shape index (κ3) is 4.19. The molecule has 1 unspecified atom stereocenters. The van der Waals surface area contributed by atoms with Crippen LogP contribution >= 0.6 is 11.6 Å². The molecule has 3 aliphatic rings. The number of halogens is 1. The van der Waals surface area contributed by atoms with Crippen molar-refractivity contribution < 1.29 is 54.2 Å². The van der Waals surface area contributed by atoms with Gasteiger partial charge in [-0.25, -0.2) is 4.79 Å². The second kappa shape index (κ2) is 9.73. The summed E-state index contributed by atoms with van der Waals surface area (Å²) in [5.41, 5.74) is 1.33. The predicted molar refractivity (Wildman–Crippen MR) is 110 cm³/mol. The molecule has 5 atom stereocenters. The number of urea groups is 1. The van der Waals surface area contributed by atoms with Gasteiger partial charge in [0.1, 0.15) is 0 Å². The predicted octanol–water partition coefficient (Wildman–Crippen LogP) is -2.12. The smallest absolute Gasteiger partial charge is 0.543 e. The first-order valence-corrected chi connectivity index (χ1v) is 10.8. The normalized spacial score (nSPS) is 27.0. The maximum absolute atomic E-state index is 12.8. The number of aliphatic hydroxyl groups excluding tert-OH is 1. The standard InChI is InChI=1S/C22H26ClN3O5.Na/c1-11(27)16-18-14-4-3-5-15(17(14)19(21(29)30)26(18)20(16)28)25(2)22(31)24-10-12-6-8-13(23)9-7-12;/h6-9,11,14-16,18,27H,3-5,10H2,1-2H3,(H,24,31)(H,29,30);/q;+1/p-1/t11?,14-,15-,16+,18+;/m0./s1. The molecule has 166 valence electrons. The van der Waals surface area contributed by atoms with E-state index in [-0.39, 0.29) is 53.2 Å². The Morgan fingerprint density at radius 2 is 1.97 bits per heavy atom. The molecule has 2 aliphatic heterocycles. The van der Waals surface area contributed by atoms with Crippen LogP contribution in [0.25, 0.3) is 0 Å². The van der Waals surface area contributed by atoms with Gasteiger partial charge in [-0.05, 0) is 43.0 Å². The average molecular weight is 470 g/mol. The Morgan fingerprint density at radius 1 is 1.31 bits per heavy atom. The second-order valence-corrected chi connectivity index (χ2v) is 8.94. The molecule has 4 rings (SSSR count). The van der Waals surface area contributed by atoms with Crippen LogP contribution in [0.3, 0.4) is 0 Å². The Kier molecular flexibility index (Phi) is 7.62. The van der Waals surface area contributed by atoms with Gasteiger partial charge in [-0.2, -0.15) is 0 Å². The molecule has 1 aliphatic carbocycles. The van der Waals surface area contributed by atoms with Crippen molar-refractivity contribution in [3.8, 4) is 0 Å². The van der Waals surface area contributed by atoms with Crippen molar-refractivity contribution in [2.75, 3.05) is 7.05 Å². The van der Waals surface area contributed by atoms with E-state index in [1.165, 1.54) is 9.80 Å². The number of hydrogen-bond donors (Lipinski definition) is 2. The Balaban J connectivity index is 0.00000289. The summed E-state index contributed by atoms with van der Waals surface area (Å²) in [6.45, 7) is 1.85. The zero-order valence-corrected chi connectivity index (χ0v) is 21.1. The number of hydrogen-bond acceptors (Lipinski definition) is 5. The van der Waals surface area contributed by atoms with E-state index in [1.807, 2.05) is 12.1 Å². The molecular weight excluding hydrogens is 445 g/mol. The molecule has 2 N–H and O–H groups in total. The van der Waals surface area contributed by atoms with E-state index in [0.29, 0.717) is 30.0 Å². The fourth-order valence-corrected chi connectivity index (χ4v) is 5.42. The Labute approximate surface area is 213 Å². The number of likely N-dealkylation sites (N-methyl/N-ethyl adjacent to an activating group) is 1. The van der Waals surface area contributed by atoms with E-state index in [0.717, 1.165) is 12.0 Å². The first-order valence-electron chi connectivity index (χ1n) is 10.4. The zero-order valence-electron chi connectivity index (χ0n) is 18.4. The molecule has 10 heteroatoms. The molecule has 1 aromatic carbocycles. The molecule has 8 nitrogen and oxygen atoms in total. The number of aliphatic hydroxyl groups is 1. The fourth-order valence-electron chi connectivity index (χ4n) is 5.29. The molecule has 3 amide bonds. The van der Waals surface area contributed by atoms with Gasteiger partial charge in [0.25, 0.3) is 0 Å². The van der Waals surface area contributed by atoms with E-state index >= 15 is 0 Å². The van der Waals surface area contributed by atoms with Gasteiger partial charge in [0.15, 0.2) is 0 Å². The van der Waals surface area contributed by atoms with Crippen molar-refractivity contribution in [2.45, 2.75) is 50.9 Å². The molecule has 1 aromatic rings. The number of aliphatic carboxylic acids is 1. The van der Waals surface area contributed by atoms with E-state index in [2.05, 4.69) is 5.32 Å². The number of fused-ring (bicyclic) bond motifs is 3. The van der Waals surface area contributed by atoms with Gasteiger partial charge in [0.2, 0.25) is 5.91 Å². The quantitative estimate of drug-likeness (QED) is 0.378. The van der Waals surface area contributed by atoms with E-state index < -0.39 is 29.9 Å². The van der Waals surface area contributed by atoms with Crippen molar-refractivity contribution in [2.24, 2.45) is 11.8 Å². The third-order valence-corrected chi connectivity index (χ3v) is 6.98. The molecular formula is C22H25ClN3NaO5. The minimum atomic E-state index is -1.42. The minimum absolute atomic E-state index is 0. The number of carbonyl (C=O) groups is 3. The van der Waals surface area contributed by atoms with Gasteiger partial charge in [0.05, 0.1) is 35.8 Å². The molecule has 0 bridgehead atoms. The molecule has 2 heterocycles. The number of benzene rings is 1. The Bertz CT molecular complexity index is 951.